The highest BCUT2D eigenvalue weighted by molar-refractivity contribution is 6.30. The van der Waals surface area contributed by atoms with E-state index in [1.54, 1.807) is 6.07 Å². The van der Waals surface area contributed by atoms with Crippen molar-refractivity contribution in [2.45, 2.75) is 6.29 Å². The number of hydrogen-bond acceptors (Lipinski definition) is 3. The van der Waals surface area contributed by atoms with Gasteiger partial charge in [0.1, 0.15) is 0 Å². The molecular formula is C8H8ClNO3. The Labute approximate surface area is 80.2 Å². The molecular weight excluding hydrogens is 194 g/mol. The molecule has 1 aromatic rings. The number of pyridine rings is 1. The van der Waals surface area contributed by atoms with Crippen LogP contribution >= 0.6 is 11.6 Å². The van der Waals surface area contributed by atoms with Gasteiger partial charge in [-0.3, -0.25) is 0 Å². The molecule has 4 nitrogen and oxygen atoms in total. The molecule has 0 saturated carbocycles. The number of halogens is 1. The third-order valence-electron chi connectivity index (χ3n) is 1.77. The molecule has 0 radical (unpaired) electrons. The van der Waals surface area contributed by atoms with Crippen molar-refractivity contribution in [3.63, 3.8) is 0 Å². The molecule has 1 aliphatic rings. The third kappa shape index (κ3) is 1.75. The summed E-state index contributed by atoms with van der Waals surface area (Å²) < 4.78 is 11.0. The fourth-order valence-corrected chi connectivity index (χ4v) is 1.35. The van der Waals surface area contributed by atoms with Gasteiger partial charge < -0.3 is 14.7 Å². The van der Waals surface area contributed by atoms with Gasteiger partial charge in [0.05, 0.1) is 18.2 Å². The van der Waals surface area contributed by atoms with E-state index in [-0.39, 0.29) is 0 Å². The molecule has 0 aromatic carbocycles. The van der Waals surface area contributed by atoms with E-state index in [9.17, 15) is 5.21 Å². The van der Waals surface area contributed by atoms with Gasteiger partial charge in [-0.1, -0.05) is 11.6 Å². The van der Waals surface area contributed by atoms with E-state index >= 15 is 0 Å². The maximum absolute atomic E-state index is 11.3. The summed E-state index contributed by atoms with van der Waals surface area (Å²) in [6.07, 6.45) is 0.763. The highest BCUT2D eigenvalue weighted by atomic mass is 35.5. The van der Waals surface area contributed by atoms with Crippen LogP contribution in [0, 0.1) is 5.21 Å². The summed E-state index contributed by atoms with van der Waals surface area (Å²) in [6, 6.07) is 3.07. The van der Waals surface area contributed by atoms with Gasteiger partial charge in [-0.25, -0.2) is 0 Å². The molecule has 0 N–H and O–H groups in total. The minimum Gasteiger partial charge on any atom is -0.618 e. The first-order chi connectivity index (χ1) is 6.27. The Morgan fingerprint density at radius 2 is 2.15 bits per heavy atom. The van der Waals surface area contributed by atoms with Crippen molar-refractivity contribution in [2.75, 3.05) is 13.2 Å². The van der Waals surface area contributed by atoms with E-state index in [4.69, 9.17) is 21.1 Å². The molecule has 0 amide bonds. The third-order valence-corrected chi connectivity index (χ3v) is 2.01. The van der Waals surface area contributed by atoms with Crippen molar-refractivity contribution in [3.8, 4) is 0 Å². The molecule has 2 heterocycles. The van der Waals surface area contributed by atoms with E-state index in [2.05, 4.69) is 0 Å². The number of ether oxygens (including phenoxy) is 2. The molecule has 70 valence electrons. The Bertz CT molecular complexity index is 312. The summed E-state index contributed by atoms with van der Waals surface area (Å²) in [5, 5.41) is 11.8. The van der Waals surface area contributed by atoms with E-state index in [1.807, 2.05) is 0 Å². The highest BCUT2D eigenvalue weighted by Gasteiger charge is 2.25. The van der Waals surface area contributed by atoms with Crippen LogP contribution < -0.4 is 4.73 Å². The van der Waals surface area contributed by atoms with Gasteiger partial charge in [0.2, 0.25) is 6.29 Å². The Balaban J connectivity index is 2.32. The standard InChI is InChI=1S/C8H8ClNO3/c9-6-1-2-10(11)7(5-6)8-12-3-4-13-8/h1-2,5,8H,3-4H2. The molecule has 1 aliphatic heterocycles. The van der Waals surface area contributed by atoms with Crippen molar-refractivity contribution >= 4 is 11.6 Å². The molecule has 1 saturated heterocycles. The van der Waals surface area contributed by atoms with Gasteiger partial charge >= 0.3 is 0 Å². The maximum Gasteiger partial charge on any atom is 0.251 e. The van der Waals surface area contributed by atoms with Crippen LogP contribution in [0.15, 0.2) is 18.3 Å². The van der Waals surface area contributed by atoms with Crippen LogP contribution in [0.25, 0.3) is 0 Å². The topological polar surface area (TPSA) is 45.4 Å². The number of rotatable bonds is 1. The molecule has 0 bridgehead atoms. The van der Waals surface area contributed by atoms with E-state index < -0.39 is 6.29 Å². The quantitative estimate of drug-likeness (QED) is 0.503. The Kier molecular flexibility index (Phi) is 2.35. The molecule has 0 aliphatic carbocycles. The number of nitrogens with zero attached hydrogens (tertiary/aromatic N) is 1. The fraction of sp³-hybridized carbons (Fsp3) is 0.375. The lowest BCUT2D eigenvalue weighted by Crippen LogP contribution is -2.33. The summed E-state index contributed by atoms with van der Waals surface area (Å²) in [5.74, 6) is 0. The fourth-order valence-electron chi connectivity index (χ4n) is 1.18. The van der Waals surface area contributed by atoms with Gasteiger partial charge in [0.25, 0.3) is 5.69 Å². The van der Waals surface area contributed by atoms with Crippen molar-refractivity contribution < 1.29 is 14.2 Å². The van der Waals surface area contributed by atoms with Crippen molar-refractivity contribution in [1.82, 2.24) is 0 Å². The van der Waals surface area contributed by atoms with Crippen LogP contribution in [0.5, 0.6) is 0 Å². The first-order valence-corrected chi connectivity index (χ1v) is 4.27. The van der Waals surface area contributed by atoms with Crippen LogP contribution in [0.4, 0.5) is 0 Å². The average molecular weight is 202 g/mol. The lowest BCUT2D eigenvalue weighted by molar-refractivity contribution is -0.622. The van der Waals surface area contributed by atoms with Crippen LogP contribution in [0.2, 0.25) is 5.02 Å². The van der Waals surface area contributed by atoms with Crippen LogP contribution in [-0.4, -0.2) is 13.2 Å². The van der Waals surface area contributed by atoms with Crippen LogP contribution in [0.1, 0.15) is 12.0 Å². The second-order valence-corrected chi connectivity index (χ2v) is 3.11. The predicted molar refractivity (Wildman–Crippen MR) is 45.1 cm³/mol. The molecule has 13 heavy (non-hydrogen) atoms. The smallest absolute Gasteiger partial charge is 0.251 e. The second-order valence-electron chi connectivity index (χ2n) is 2.67. The molecule has 0 atom stereocenters. The summed E-state index contributed by atoms with van der Waals surface area (Å²) >= 11 is 5.73. The molecule has 2 rings (SSSR count). The van der Waals surface area contributed by atoms with E-state index in [0.29, 0.717) is 28.7 Å². The first-order valence-electron chi connectivity index (χ1n) is 3.89. The lowest BCUT2D eigenvalue weighted by atomic mass is 10.3. The minimum absolute atomic E-state index is 0.394. The summed E-state index contributed by atoms with van der Waals surface area (Å²) in [5.41, 5.74) is 0.394. The largest absolute Gasteiger partial charge is 0.618 e. The first kappa shape index (κ1) is 8.74. The van der Waals surface area contributed by atoms with Crippen LogP contribution in [-0.2, 0) is 9.47 Å². The average Bonchev–Trinajstić information content (AvgIpc) is 2.61. The Morgan fingerprint density at radius 3 is 2.85 bits per heavy atom. The molecule has 1 aromatic heterocycles. The monoisotopic (exact) mass is 201 g/mol. The zero-order valence-electron chi connectivity index (χ0n) is 6.77. The summed E-state index contributed by atoms with van der Waals surface area (Å²) in [6.45, 7) is 1.02. The van der Waals surface area contributed by atoms with Gasteiger partial charge in [-0.2, -0.15) is 4.73 Å². The molecule has 0 unspecified atom stereocenters. The number of aromatic nitrogens is 1. The Morgan fingerprint density at radius 1 is 1.46 bits per heavy atom. The normalized spacial score (nSPS) is 17.9. The predicted octanol–water partition coefficient (Wildman–Crippen LogP) is 1.02. The van der Waals surface area contributed by atoms with Crippen molar-refractivity contribution in [2.24, 2.45) is 0 Å². The van der Waals surface area contributed by atoms with Crippen molar-refractivity contribution in [1.29, 1.82) is 0 Å². The zero-order chi connectivity index (χ0) is 9.26. The zero-order valence-corrected chi connectivity index (χ0v) is 7.53. The minimum atomic E-state index is -0.573. The molecule has 5 heteroatoms. The van der Waals surface area contributed by atoms with Gasteiger partial charge in [0.15, 0.2) is 6.20 Å². The van der Waals surface area contributed by atoms with Crippen LogP contribution in [0.3, 0.4) is 0 Å². The summed E-state index contributed by atoms with van der Waals surface area (Å²) in [7, 11) is 0. The molecule has 0 spiro atoms. The Hall–Kier alpha value is -0.840. The van der Waals surface area contributed by atoms with Gasteiger partial charge in [0, 0.05) is 12.1 Å². The highest BCUT2D eigenvalue weighted by Crippen LogP contribution is 2.21. The number of hydrogen-bond donors (Lipinski definition) is 0. The van der Waals surface area contributed by atoms with E-state index in [1.165, 1.54) is 12.3 Å². The second kappa shape index (κ2) is 3.49. The van der Waals surface area contributed by atoms with Crippen molar-refractivity contribution in [3.05, 3.63) is 34.3 Å². The van der Waals surface area contributed by atoms with E-state index in [0.717, 1.165) is 0 Å². The SMILES string of the molecule is [O-][n+]1ccc(Cl)cc1C1OCCO1. The lowest BCUT2D eigenvalue weighted by Gasteiger charge is -2.09. The molecule has 1 fully saturated rings. The summed E-state index contributed by atoms with van der Waals surface area (Å²) in [4.78, 5) is 0. The maximum atomic E-state index is 11.3. The van der Waals surface area contributed by atoms with Gasteiger partial charge in [-0.05, 0) is 0 Å². The van der Waals surface area contributed by atoms with Gasteiger partial charge in [-0.15, -0.1) is 0 Å².